The molecular weight excluding hydrogens is 286 g/mol. The van der Waals surface area contributed by atoms with E-state index in [-0.39, 0.29) is 6.54 Å². The van der Waals surface area contributed by atoms with E-state index in [1.54, 1.807) is 19.1 Å². The summed E-state index contributed by atoms with van der Waals surface area (Å²) in [4.78, 5) is 12.3. The molecule has 0 atom stereocenters. The van der Waals surface area contributed by atoms with Crippen LogP contribution in [0.4, 0.5) is 0 Å². The summed E-state index contributed by atoms with van der Waals surface area (Å²) in [7, 11) is 3.42. The van der Waals surface area contributed by atoms with Gasteiger partial charge in [-0.05, 0) is 47.1 Å². The van der Waals surface area contributed by atoms with Gasteiger partial charge < -0.3 is 9.84 Å². The van der Waals surface area contributed by atoms with E-state index in [4.69, 9.17) is 9.84 Å². The van der Waals surface area contributed by atoms with Crippen LogP contribution in [0.15, 0.2) is 22.7 Å². The molecular formula is C12H16BrNO3. The fraction of sp³-hybridized carbons (Fsp3) is 0.417. The average Bonchev–Trinajstić information content (AvgIpc) is 2.25. The Morgan fingerprint density at radius 3 is 2.76 bits per heavy atom. The molecule has 0 spiro atoms. The van der Waals surface area contributed by atoms with Gasteiger partial charge in [0.05, 0.1) is 18.1 Å². The van der Waals surface area contributed by atoms with Gasteiger partial charge in [-0.25, -0.2) is 0 Å². The molecule has 1 rings (SSSR count). The van der Waals surface area contributed by atoms with Crippen molar-refractivity contribution in [2.75, 3.05) is 27.2 Å². The quantitative estimate of drug-likeness (QED) is 0.873. The summed E-state index contributed by atoms with van der Waals surface area (Å²) in [6.45, 7) is 0.780. The first kappa shape index (κ1) is 14.0. The Balaban J connectivity index is 2.52. The molecule has 94 valence electrons. The second kappa shape index (κ2) is 6.61. The monoisotopic (exact) mass is 301 g/mol. The number of carboxylic acids is 1. The molecule has 0 fully saturated rings. The van der Waals surface area contributed by atoms with Crippen LogP contribution in [0, 0.1) is 0 Å². The molecule has 0 bridgehead atoms. The molecule has 1 aromatic carbocycles. The zero-order chi connectivity index (χ0) is 12.8. The van der Waals surface area contributed by atoms with Gasteiger partial charge in [-0.15, -0.1) is 0 Å². The molecule has 1 aromatic rings. The van der Waals surface area contributed by atoms with Crippen molar-refractivity contribution in [2.45, 2.75) is 6.42 Å². The van der Waals surface area contributed by atoms with Gasteiger partial charge in [0.2, 0.25) is 0 Å². The van der Waals surface area contributed by atoms with E-state index >= 15 is 0 Å². The standard InChI is InChI=1S/C12H16BrNO3/c1-14(8-12(15)16)6-5-9-3-4-11(17-2)10(13)7-9/h3-4,7H,5-6,8H2,1-2H3,(H,15,16). The van der Waals surface area contributed by atoms with Crippen LogP contribution in [0.5, 0.6) is 5.75 Å². The third kappa shape index (κ3) is 4.75. The minimum absolute atomic E-state index is 0.0668. The van der Waals surface area contributed by atoms with Crippen LogP contribution in [-0.2, 0) is 11.2 Å². The summed E-state index contributed by atoms with van der Waals surface area (Å²) in [5, 5.41) is 8.63. The Kier molecular flexibility index (Phi) is 5.44. The molecule has 17 heavy (non-hydrogen) atoms. The Labute approximate surface area is 109 Å². The maximum Gasteiger partial charge on any atom is 0.317 e. The number of halogens is 1. The van der Waals surface area contributed by atoms with E-state index < -0.39 is 5.97 Å². The molecule has 0 heterocycles. The van der Waals surface area contributed by atoms with Crippen molar-refractivity contribution in [3.63, 3.8) is 0 Å². The number of aliphatic carboxylic acids is 1. The molecule has 0 unspecified atom stereocenters. The van der Waals surface area contributed by atoms with Crippen molar-refractivity contribution in [1.29, 1.82) is 0 Å². The second-order valence-electron chi connectivity index (χ2n) is 3.85. The van der Waals surface area contributed by atoms with Gasteiger partial charge in [0.1, 0.15) is 5.75 Å². The lowest BCUT2D eigenvalue weighted by Crippen LogP contribution is -2.27. The van der Waals surface area contributed by atoms with E-state index in [1.807, 2.05) is 18.2 Å². The first-order valence-electron chi connectivity index (χ1n) is 5.25. The maximum atomic E-state index is 10.5. The fourth-order valence-corrected chi connectivity index (χ4v) is 2.08. The van der Waals surface area contributed by atoms with Gasteiger partial charge in [0, 0.05) is 6.54 Å². The zero-order valence-electron chi connectivity index (χ0n) is 9.94. The molecule has 0 aromatic heterocycles. The summed E-state index contributed by atoms with van der Waals surface area (Å²) in [5.41, 5.74) is 1.15. The minimum Gasteiger partial charge on any atom is -0.496 e. The molecule has 0 aliphatic carbocycles. The van der Waals surface area contributed by atoms with Crippen molar-refractivity contribution >= 4 is 21.9 Å². The van der Waals surface area contributed by atoms with E-state index in [9.17, 15) is 4.79 Å². The normalized spacial score (nSPS) is 10.6. The number of hydrogen-bond donors (Lipinski definition) is 1. The number of benzene rings is 1. The molecule has 0 saturated carbocycles. The number of carbonyl (C=O) groups is 1. The summed E-state index contributed by atoms with van der Waals surface area (Å²) >= 11 is 3.42. The molecule has 0 saturated heterocycles. The number of nitrogens with zero attached hydrogens (tertiary/aromatic N) is 1. The van der Waals surface area contributed by atoms with Crippen LogP contribution >= 0.6 is 15.9 Å². The lowest BCUT2D eigenvalue weighted by atomic mass is 10.1. The van der Waals surface area contributed by atoms with Gasteiger partial charge in [-0.2, -0.15) is 0 Å². The van der Waals surface area contributed by atoms with Gasteiger partial charge in [0.15, 0.2) is 0 Å². The van der Waals surface area contributed by atoms with Gasteiger partial charge >= 0.3 is 5.97 Å². The zero-order valence-corrected chi connectivity index (χ0v) is 11.5. The molecule has 0 aliphatic rings. The fourth-order valence-electron chi connectivity index (χ4n) is 1.50. The second-order valence-corrected chi connectivity index (χ2v) is 4.70. The number of rotatable bonds is 6. The van der Waals surface area contributed by atoms with Crippen LogP contribution < -0.4 is 4.74 Å². The third-order valence-corrected chi connectivity index (χ3v) is 3.02. The number of hydrogen-bond acceptors (Lipinski definition) is 3. The van der Waals surface area contributed by atoms with Crippen LogP contribution in [0.3, 0.4) is 0 Å². The first-order chi connectivity index (χ1) is 8.02. The highest BCUT2D eigenvalue weighted by atomic mass is 79.9. The van der Waals surface area contributed by atoms with Crippen molar-refractivity contribution in [1.82, 2.24) is 4.90 Å². The van der Waals surface area contributed by atoms with Gasteiger partial charge in [-0.3, -0.25) is 9.69 Å². The SMILES string of the molecule is COc1ccc(CCN(C)CC(=O)O)cc1Br. The van der Waals surface area contributed by atoms with E-state index in [0.717, 1.165) is 22.2 Å². The molecule has 1 N–H and O–H groups in total. The largest absolute Gasteiger partial charge is 0.496 e. The average molecular weight is 302 g/mol. The lowest BCUT2D eigenvalue weighted by molar-refractivity contribution is -0.137. The minimum atomic E-state index is -0.802. The highest BCUT2D eigenvalue weighted by Gasteiger charge is 2.05. The van der Waals surface area contributed by atoms with Gasteiger partial charge in [-0.1, -0.05) is 6.07 Å². The highest BCUT2D eigenvalue weighted by molar-refractivity contribution is 9.10. The molecule has 0 amide bonds. The molecule has 0 radical (unpaired) electrons. The van der Waals surface area contributed by atoms with Crippen molar-refractivity contribution in [3.8, 4) is 5.75 Å². The smallest absolute Gasteiger partial charge is 0.317 e. The summed E-state index contributed by atoms with van der Waals surface area (Å²) < 4.78 is 6.06. The Morgan fingerprint density at radius 1 is 1.53 bits per heavy atom. The first-order valence-corrected chi connectivity index (χ1v) is 6.05. The maximum absolute atomic E-state index is 10.5. The third-order valence-electron chi connectivity index (χ3n) is 2.40. The Bertz CT molecular complexity index is 395. The van der Waals surface area contributed by atoms with Crippen LogP contribution in [0.1, 0.15) is 5.56 Å². The molecule has 0 aliphatic heterocycles. The molecule has 5 heteroatoms. The predicted octanol–water partition coefficient (Wildman–Crippen LogP) is 2.02. The topological polar surface area (TPSA) is 49.8 Å². The summed E-state index contributed by atoms with van der Waals surface area (Å²) in [6.07, 6.45) is 0.812. The number of carboxylic acid groups (broad SMARTS) is 1. The summed E-state index contributed by atoms with van der Waals surface area (Å²) in [5.74, 6) is -0.00366. The number of methoxy groups -OCH3 is 1. The van der Waals surface area contributed by atoms with E-state index in [1.165, 1.54) is 0 Å². The lowest BCUT2D eigenvalue weighted by Gasteiger charge is -2.14. The number of likely N-dealkylation sites (N-methyl/N-ethyl adjacent to an activating group) is 1. The number of ether oxygens (including phenoxy) is 1. The van der Waals surface area contributed by atoms with Crippen molar-refractivity contribution < 1.29 is 14.6 Å². The Hall–Kier alpha value is -1.07. The van der Waals surface area contributed by atoms with E-state index in [0.29, 0.717) is 6.54 Å². The highest BCUT2D eigenvalue weighted by Crippen LogP contribution is 2.25. The van der Waals surface area contributed by atoms with Crippen LogP contribution in [0.25, 0.3) is 0 Å². The summed E-state index contributed by atoms with van der Waals surface area (Å²) in [6, 6.07) is 5.88. The molecule has 4 nitrogen and oxygen atoms in total. The van der Waals surface area contributed by atoms with Gasteiger partial charge in [0.25, 0.3) is 0 Å². The van der Waals surface area contributed by atoms with Crippen molar-refractivity contribution in [2.24, 2.45) is 0 Å². The van der Waals surface area contributed by atoms with Crippen LogP contribution in [0.2, 0.25) is 0 Å². The Morgan fingerprint density at radius 2 is 2.24 bits per heavy atom. The predicted molar refractivity (Wildman–Crippen MR) is 69.5 cm³/mol. The van der Waals surface area contributed by atoms with Crippen molar-refractivity contribution in [3.05, 3.63) is 28.2 Å². The van der Waals surface area contributed by atoms with Crippen LogP contribution in [-0.4, -0.2) is 43.2 Å². The van der Waals surface area contributed by atoms with E-state index in [2.05, 4.69) is 15.9 Å².